The Morgan fingerprint density at radius 1 is 0.828 bits per heavy atom. The molecule has 0 aliphatic rings. The Morgan fingerprint density at radius 2 is 1.41 bits per heavy atom. The Bertz CT molecular complexity index is 1050. The van der Waals surface area contributed by atoms with Crippen LogP contribution in [0.25, 0.3) is 11.1 Å². The van der Waals surface area contributed by atoms with Gasteiger partial charge >= 0.3 is 12.1 Å². The second kappa shape index (κ2) is 7.62. The van der Waals surface area contributed by atoms with Crippen molar-refractivity contribution in [3.63, 3.8) is 0 Å². The summed E-state index contributed by atoms with van der Waals surface area (Å²) in [6.07, 6.45) is -5.22. The highest BCUT2D eigenvalue weighted by molar-refractivity contribution is 5.91. The predicted molar refractivity (Wildman–Crippen MR) is 92.9 cm³/mol. The van der Waals surface area contributed by atoms with Gasteiger partial charge in [-0.3, -0.25) is 0 Å². The number of halogens is 6. The predicted octanol–water partition coefficient (Wildman–Crippen LogP) is 6.32. The highest BCUT2D eigenvalue weighted by atomic mass is 19.4. The molecular formula is C21H12F6O2. The Labute approximate surface area is 161 Å². The lowest BCUT2D eigenvalue weighted by molar-refractivity contribution is -0.142. The Morgan fingerprint density at radius 3 is 1.93 bits per heavy atom. The molecule has 0 amide bonds. The van der Waals surface area contributed by atoms with Crippen LogP contribution in [-0.4, -0.2) is 5.97 Å². The molecule has 0 saturated carbocycles. The molecule has 0 aliphatic heterocycles. The molecule has 0 fully saturated rings. The molecule has 3 rings (SSSR count). The summed E-state index contributed by atoms with van der Waals surface area (Å²) in [4.78, 5) is 12.1. The average molecular weight is 410 g/mol. The normalized spacial score (nSPS) is 11.4. The molecule has 0 radical (unpaired) electrons. The number of benzene rings is 3. The summed E-state index contributed by atoms with van der Waals surface area (Å²) >= 11 is 0. The van der Waals surface area contributed by atoms with Gasteiger partial charge in [0.25, 0.3) is 0 Å². The lowest BCUT2D eigenvalue weighted by Crippen LogP contribution is -2.11. The molecule has 3 aromatic rings. The molecule has 0 aromatic heterocycles. The van der Waals surface area contributed by atoms with E-state index in [0.29, 0.717) is 12.1 Å². The molecule has 2 nitrogen and oxygen atoms in total. The maximum absolute atomic E-state index is 14.4. The Balaban J connectivity index is 1.88. The molecule has 3 aromatic carbocycles. The number of ether oxygens (including phenoxy) is 1. The molecule has 0 N–H and O–H groups in total. The SMILES string of the molecule is Cc1ccc(C(=O)Oc2ccc(-c3cc(F)c(C(F)(F)F)c(F)c3)c(F)c2)cc1. The van der Waals surface area contributed by atoms with E-state index in [-0.39, 0.29) is 16.9 Å². The van der Waals surface area contributed by atoms with E-state index in [1.54, 1.807) is 12.1 Å². The first-order valence-electron chi connectivity index (χ1n) is 8.21. The van der Waals surface area contributed by atoms with Crippen molar-refractivity contribution < 1.29 is 35.9 Å². The first-order chi connectivity index (χ1) is 13.6. The Hall–Kier alpha value is -3.29. The van der Waals surface area contributed by atoms with E-state index in [1.807, 2.05) is 6.92 Å². The number of hydrogen-bond donors (Lipinski definition) is 0. The minimum Gasteiger partial charge on any atom is -0.423 e. The third-order valence-corrected chi connectivity index (χ3v) is 4.07. The number of hydrogen-bond acceptors (Lipinski definition) is 2. The summed E-state index contributed by atoms with van der Waals surface area (Å²) in [5.74, 6) is -5.67. The molecule has 0 aliphatic carbocycles. The monoisotopic (exact) mass is 410 g/mol. The molecule has 0 saturated heterocycles. The quantitative estimate of drug-likeness (QED) is 0.287. The van der Waals surface area contributed by atoms with Crippen molar-refractivity contribution in [3.05, 3.63) is 88.7 Å². The summed E-state index contributed by atoms with van der Waals surface area (Å²) in [5.41, 5.74) is -1.68. The molecule has 0 unspecified atom stereocenters. The van der Waals surface area contributed by atoms with E-state index in [9.17, 15) is 31.1 Å². The van der Waals surface area contributed by atoms with E-state index in [2.05, 4.69) is 0 Å². The van der Waals surface area contributed by atoms with E-state index < -0.39 is 40.7 Å². The van der Waals surface area contributed by atoms with Crippen LogP contribution < -0.4 is 4.74 Å². The molecular weight excluding hydrogens is 398 g/mol. The van der Waals surface area contributed by atoms with Crippen molar-refractivity contribution in [2.45, 2.75) is 13.1 Å². The van der Waals surface area contributed by atoms with Gasteiger partial charge in [-0.2, -0.15) is 13.2 Å². The zero-order valence-electron chi connectivity index (χ0n) is 14.8. The lowest BCUT2D eigenvalue weighted by Gasteiger charge is -2.12. The fourth-order valence-electron chi connectivity index (χ4n) is 2.65. The third-order valence-electron chi connectivity index (χ3n) is 4.07. The fourth-order valence-corrected chi connectivity index (χ4v) is 2.65. The van der Waals surface area contributed by atoms with Gasteiger partial charge in [0, 0.05) is 11.6 Å². The Kier molecular flexibility index (Phi) is 5.37. The van der Waals surface area contributed by atoms with Crippen molar-refractivity contribution >= 4 is 5.97 Å². The largest absolute Gasteiger partial charge is 0.423 e. The first kappa shape index (κ1) is 20.4. The van der Waals surface area contributed by atoms with E-state index in [0.717, 1.165) is 23.8 Å². The minimum absolute atomic E-state index is 0.176. The van der Waals surface area contributed by atoms with Gasteiger partial charge in [0.05, 0.1) is 5.56 Å². The number of esters is 1. The number of rotatable bonds is 3. The van der Waals surface area contributed by atoms with Crippen molar-refractivity contribution in [3.8, 4) is 16.9 Å². The molecule has 0 atom stereocenters. The second-order valence-corrected chi connectivity index (χ2v) is 6.21. The number of carbonyl (C=O) groups excluding carboxylic acids is 1. The number of aryl methyl sites for hydroxylation is 1. The molecule has 150 valence electrons. The summed E-state index contributed by atoms with van der Waals surface area (Å²) in [7, 11) is 0. The highest BCUT2D eigenvalue weighted by Crippen LogP contribution is 2.36. The van der Waals surface area contributed by atoms with E-state index in [1.165, 1.54) is 12.1 Å². The smallest absolute Gasteiger partial charge is 0.422 e. The van der Waals surface area contributed by atoms with E-state index in [4.69, 9.17) is 4.74 Å². The number of alkyl halides is 3. The maximum Gasteiger partial charge on any atom is 0.422 e. The average Bonchev–Trinajstić information content (AvgIpc) is 2.60. The molecule has 0 heterocycles. The topological polar surface area (TPSA) is 26.3 Å². The summed E-state index contributed by atoms with van der Waals surface area (Å²) in [6.45, 7) is 1.83. The molecule has 8 heteroatoms. The second-order valence-electron chi connectivity index (χ2n) is 6.21. The van der Waals surface area contributed by atoms with Crippen LogP contribution in [0.15, 0.2) is 54.6 Å². The van der Waals surface area contributed by atoms with Crippen molar-refractivity contribution in [2.75, 3.05) is 0 Å². The molecule has 0 bridgehead atoms. The van der Waals surface area contributed by atoms with E-state index >= 15 is 0 Å². The number of carbonyl (C=O) groups is 1. The van der Waals surface area contributed by atoms with Gasteiger partial charge in [-0.05, 0) is 48.9 Å². The zero-order chi connectivity index (χ0) is 21.3. The van der Waals surface area contributed by atoms with Crippen LogP contribution >= 0.6 is 0 Å². The summed E-state index contributed by atoms with van der Waals surface area (Å²) in [5, 5.41) is 0. The summed E-state index contributed by atoms with van der Waals surface area (Å²) in [6, 6.07) is 10.2. The lowest BCUT2D eigenvalue weighted by atomic mass is 10.0. The fraction of sp³-hybridized carbons (Fsp3) is 0.0952. The molecule has 29 heavy (non-hydrogen) atoms. The van der Waals surface area contributed by atoms with Gasteiger partial charge in [-0.1, -0.05) is 17.7 Å². The van der Waals surface area contributed by atoms with Crippen LogP contribution in [-0.2, 0) is 6.18 Å². The maximum atomic E-state index is 14.4. The van der Waals surface area contributed by atoms with Crippen LogP contribution in [0.4, 0.5) is 26.3 Å². The van der Waals surface area contributed by atoms with Crippen molar-refractivity contribution in [1.82, 2.24) is 0 Å². The van der Waals surface area contributed by atoms with Crippen LogP contribution in [0.3, 0.4) is 0 Å². The van der Waals surface area contributed by atoms with Crippen molar-refractivity contribution in [1.29, 1.82) is 0 Å². The zero-order valence-corrected chi connectivity index (χ0v) is 14.8. The minimum atomic E-state index is -5.22. The van der Waals surface area contributed by atoms with Gasteiger partial charge in [0.15, 0.2) is 0 Å². The van der Waals surface area contributed by atoms with Gasteiger partial charge < -0.3 is 4.74 Å². The van der Waals surface area contributed by atoms with Crippen LogP contribution in [0.1, 0.15) is 21.5 Å². The standard InChI is InChI=1S/C21H12F6O2/c1-11-2-4-12(5-3-11)20(28)29-14-6-7-15(16(22)10-14)13-8-17(23)19(18(24)9-13)21(25,26)27/h2-10H,1H3. The first-order valence-corrected chi connectivity index (χ1v) is 8.21. The third kappa shape index (κ3) is 4.42. The molecule has 0 spiro atoms. The van der Waals surface area contributed by atoms with Gasteiger partial charge in [0.1, 0.15) is 28.8 Å². The van der Waals surface area contributed by atoms with Crippen LogP contribution in [0.5, 0.6) is 5.75 Å². The van der Waals surface area contributed by atoms with Gasteiger partial charge in [-0.15, -0.1) is 0 Å². The van der Waals surface area contributed by atoms with Gasteiger partial charge in [0.2, 0.25) is 0 Å². The van der Waals surface area contributed by atoms with Crippen molar-refractivity contribution in [2.24, 2.45) is 0 Å². The van der Waals surface area contributed by atoms with Gasteiger partial charge in [-0.25, -0.2) is 18.0 Å². The van der Waals surface area contributed by atoms with Crippen LogP contribution in [0.2, 0.25) is 0 Å². The summed E-state index contributed by atoms with van der Waals surface area (Å²) < 4.78 is 84.9. The highest BCUT2D eigenvalue weighted by Gasteiger charge is 2.38. The van der Waals surface area contributed by atoms with Crippen LogP contribution in [0, 0.1) is 24.4 Å².